The highest BCUT2D eigenvalue weighted by Gasteiger charge is 2.27. The van der Waals surface area contributed by atoms with E-state index in [-0.39, 0.29) is 30.9 Å². The monoisotopic (exact) mass is 460 g/mol. The first-order chi connectivity index (χ1) is 16.0. The predicted molar refractivity (Wildman–Crippen MR) is 122 cm³/mol. The van der Waals surface area contributed by atoms with Crippen LogP contribution in [0.1, 0.15) is 0 Å². The highest BCUT2D eigenvalue weighted by Crippen LogP contribution is 2.24. The second kappa shape index (κ2) is 5.69. The lowest BCUT2D eigenvalue weighted by Crippen LogP contribution is -2.43. The maximum absolute atomic E-state index is 13.1. The van der Waals surface area contributed by atoms with Crippen molar-refractivity contribution in [1.29, 1.82) is 0 Å². The van der Waals surface area contributed by atoms with Crippen molar-refractivity contribution in [3.63, 3.8) is 0 Å². The molecule has 0 amide bonds. The van der Waals surface area contributed by atoms with Gasteiger partial charge < -0.3 is 11.5 Å². The Morgan fingerprint density at radius 3 is 1.18 bits per heavy atom. The van der Waals surface area contributed by atoms with Crippen molar-refractivity contribution >= 4 is 54.5 Å². The van der Waals surface area contributed by atoms with Gasteiger partial charge in [0.2, 0.25) is 0 Å². The molecule has 2 aromatic carbocycles. The lowest BCUT2D eigenvalue weighted by Gasteiger charge is -1.97. The van der Waals surface area contributed by atoms with E-state index in [1.54, 1.807) is 0 Å². The maximum atomic E-state index is 13.1. The van der Waals surface area contributed by atoms with Gasteiger partial charge in [-0.3, -0.25) is 48.3 Å². The van der Waals surface area contributed by atoms with Gasteiger partial charge >= 0.3 is 0 Å². The number of aromatic nitrogens is 4. The summed E-state index contributed by atoms with van der Waals surface area (Å²) in [4.78, 5) is 105. The minimum Gasteiger partial charge on any atom is -0.397 e. The number of nitrogen functional groups attached to an aromatic ring is 2. The van der Waals surface area contributed by atoms with E-state index in [4.69, 9.17) is 11.5 Å². The third kappa shape index (κ3) is 1.95. The number of H-pyrrole nitrogens is 2. The van der Waals surface area contributed by atoms with E-state index in [0.29, 0.717) is 0 Å². The maximum Gasteiger partial charge on any atom is 0.283 e. The van der Waals surface area contributed by atoms with E-state index in [1.807, 2.05) is 9.97 Å². The van der Waals surface area contributed by atoms with Gasteiger partial charge in [0.05, 0.1) is 54.5 Å². The van der Waals surface area contributed by atoms with Crippen LogP contribution in [0.3, 0.4) is 0 Å². The minimum absolute atomic E-state index is 0.218. The SMILES string of the molecule is Nc1c2c(=O)[nH]c(=O)c2cc2c(=O)n(-n3c(=O)c4cc5c(=O)[nH]c(=O)c5c(N)c4c3=O)c(=O)c12. The van der Waals surface area contributed by atoms with Gasteiger partial charge in [0.25, 0.3) is 44.5 Å². The average molecular weight is 460 g/mol. The number of benzene rings is 2. The van der Waals surface area contributed by atoms with Gasteiger partial charge in [-0.25, -0.2) is 0 Å². The Morgan fingerprint density at radius 1 is 0.471 bits per heavy atom. The fraction of sp³-hybridized carbons (Fsp3) is 0. The number of anilines is 2. The zero-order valence-corrected chi connectivity index (χ0v) is 16.5. The van der Waals surface area contributed by atoms with Crippen LogP contribution >= 0.6 is 0 Å². The number of nitrogens with zero attached hydrogens (tertiary/aromatic N) is 2. The Labute approximate surface area is 180 Å². The summed E-state index contributed by atoms with van der Waals surface area (Å²) >= 11 is 0. The molecule has 0 aliphatic carbocycles. The molecule has 166 valence electrons. The largest absolute Gasteiger partial charge is 0.397 e. The molecule has 4 heterocycles. The molecule has 0 saturated carbocycles. The van der Waals surface area contributed by atoms with Crippen molar-refractivity contribution in [3.8, 4) is 0 Å². The van der Waals surface area contributed by atoms with E-state index in [1.165, 1.54) is 0 Å². The van der Waals surface area contributed by atoms with Crippen molar-refractivity contribution in [1.82, 2.24) is 19.3 Å². The molecule has 0 saturated heterocycles. The van der Waals surface area contributed by atoms with Gasteiger partial charge in [-0.2, -0.15) is 9.35 Å². The Morgan fingerprint density at radius 2 is 0.824 bits per heavy atom. The first kappa shape index (κ1) is 19.3. The summed E-state index contributed by atoms with van der Waals surface area (Å²) in [6, 6.07) is 1.96. The molecular formula is C20H8N6O8. The van der Waals surface area contributed by atoms with Crippen LogP contribution in [-0.2, 0) is 0 Å². The van der Waals surface area contributed by atoms with E-state index >= 15 is 0 Å². The van der Waals surface area contributed by atoms with Crippen molar-refractivity contribution < 1.29 is 0 Å². The van der Waals surface area contributed by atoms with Gasteiger partial charge in [0.1, 0.15) is 0 Å². The molecule has 0 fully saturated rings. The lowest BCUT2D eigenvalue weighted by atomic mass is 10.1. The average Bonchev–Trinajstić information content (AvgIpc) is 3.39. The summed E-state index contributed by atoms with van der Waals surface area (Å²) in [6.45, 7) is 0. The van der Waals surface area contributed by atoms with E-state index < -0.39 is 77.4 Å². The molecule has 6 N–H and O–H groups in total. The molecule has 6 rings (SSSR count). The number of nitrogens with one attached hydrogen (secondary N) is 2. The smallest absolute Gasteiger partial charge is 0.283 e. The Hall–Kier alpha value is -5.40. The minimum atomic E-state index is -1.19. The van der Waals surface area contributed by atoms with Crippen LogP contribution in [0.5, 0.6) is 0 Å². The first-order valence-electron chi connectivity index (χ1n) is 9.46. The third-order valence-electron chi connectivity index (χ3n) is 5.99. The Bertz CT molecular complexity index is 2200. The number of fused-ring (bicyclic) bond motifs is 4. The zero-order chi connectivity index (χ0) is 24.4. The zero-order valence-electron chi connectivity index (χ0n) is 16.5. The second-order valence-corrected chi connectivity index (χ2v) is 7.68. The number of rotatable bonds is 1. The number of aromatic amines is 2. The summed E-state index contributed by atoms with van der Waals surface area (Å²) in [5.41, 5.74) is 2.81. The van der Waals surface area contributed by atoms with Gasteiger partial charge in [-0.15, -0.1) is 0 Å². The summed E-state index contributed by atoms with van der Waals surface area (Å²) in [6.07, 6.45) is 0. The van der Waals surface area contributed by atoms with E-state index in [9.17, 15) is 38.4 Å². The van der Waals surface area contributed by atoms with Crippen LogP contribution in [-0.4, -0.2) is 19.3 Å². The van der Waals surface area contributed by atoms with Gasteiger partial charge in [0.15, 0.2) is 0 Å². The van der Waals surface area contributed by atoms with Crippen LogP contribution in [0.15, 0.2) is 50.5 Å². The van der Waals surface area contributed by atoms with E-state index in [0.717, 1.165) is 12.1 Å². The van der Waals surface area contributed by atoms with Gasteiger partial charge in [-0.05, 0) is 12.1 Å². The molecule has 0 spiro atoms. The molecule has 0 unspecified atom stereocenters. The summed E-state index contributed by atoms with van der Waals surface area (Å²) in [7, 11) is 0. The summed E-state index contributed by atoms with van der Waals surface area (Å²) < 4.78 is 0.436. The van der Waals surface area contributed by atoms with Crippen LogP contribution in [0.2, 0.25) is 0 Å². The van der Waals surface area contributed by atoms with Crippen LogP contribution in [0, 0.1) is 0 Å². The second-order valence-electron chi connectivity index (χ2n) is 7.68. The molecule has 0 aliphatic rings. The fourth-order valence-electron chi connectivity index (χ4n) is 4.51. The number of hydrogen-bond donors (Lipinski definition) is 4. The van der Waals surface area contributed by atoms with Gasteiger partial charge in [-0.1, -0.05) is 0 Å². The third-order valence-corrected chi connectivity index (χ3v) is 5.99. The molecule has 0 aliphatic heterocycles. The van der Waals surface area contributed by atoms with Crippen molar-refractivity contribution in [2.45, 2.75) is 0 Å². The van der Waals surface area contributed by atoms with Crippen LogP contribution in [0.25, 0.3) is 43.1 Å². The fourth-order valence-corrected chi connectivity index (χ4v) is 4.51. The molecule has 4 aromatic heterocycles. The topological polar surface area (TPSA) is 230 Å². The van der Waals surface area contributed by atoms with Crippen molar-refractivity contribution in [2.75, 3.05) is 11.5 Å². The highest BCUT2D eigenvalue weighted by molar-refractivity contribution is 6.11. The summed E-state index contributed by atoms with van der Waals surface area (Å²) in [5, 5.41) is -2.81. The van der Waals surface area contributed by atoms with Crippen LogP contribution < -0.4 is 55.9 Å². The van der Waals surface area contributed by atoms with Crippen LogP contribution in [0.4, 0.5) is 11.4 Å². The molecule has 0 bridgehead atoms. The van der Waals surface area contributed by atoms with E-state index in [2.05, 4.69) is 0 Å². The normalized spacial score (nSPS) is 12.1. The molecule has 34 heavy (non-hydrogen) atoms. The first-order valence-corrected chi connectivity index (χ1v) is 9.46. The lowest BCUT2D eigenvalue weighted by molar-refractivity contribution is 0.594. The van der Waals surface area contributed by atoms with Gasteiger partial charge in [0, 0.05) is 0 Å². The Balaban J connectivity index is 1.85. The quantitative estimate of drug-likeness (QED) is 0.178. The molecular weight excluding hydrogens is 452 g/mol. The van der Waals surface area contributed by atoms with Crippen molar-refractivity contribution in [2.24, 2.45) is 0 Å². The molecule has 14 nitrogen and oxygen atoms in total. The number of nitrogens with two attached hydrogens (primary N) is 2. The molecule has 0 atom stereocenters. The van der Waals surface area contributed by atoms with Crippen molar-refractivity contribution in [3.05, 3.63) is 95.0 Å². The predicted octanol–water partition coefficient (Wildman–Crippen LogP) is -3.33. The molecule has 6 aromatic rings. The molecule has 14 heteroatoms. The standard InChI is InChI=1S/C20H8N6O8/c21-11-7-3(13(27)23-15(7)29)1-5-9(11)19(33)25(17(5)31)26-18(32)6-2-4-8(16(30)24-14(4)28)12(22)10(6)20(26)34/h1-2H,21-22H2,(H,23,27,29)(H,24,28,30). The summed E-state index contributed by atoms with van der Waals surface area (Å²) in [5.74, 6) is 0. The highest BCUT2D eigenvalue weighted by atomic mass is 16.2. The number of hydrogen-bond acceptors (Lipinski definition) is 10. The molecule has 0 radical (unpaired) electrons. The Kier molecular flexibility index (Phi) is 3.23.